The normalized spacial score (nSPS) is 11.1. The maximum Gasteiger partial charge on any atom is 0.242 e. The average Bonchev–Trinajstić information content (AvgIpc) is 2.17. The van der Waals surface area contributed by atoms with Gasteiger partial charge in [-0.1, -0.05) is 15.9 Å². The van der Waals surface area contributed by atoms with Gasteiger partial charge in [0.2, 0.25) is 10.0 Å². The minimum absolute atomic E-state index is 0.118. The molecule has 0 radical (unpaired) electrons. The average molecular weight is 296 g/mol. The summed E-state index contributed by atoms with van der Waals surface area (Å²) in [7, 11) is -1.98. The van der Waals surface area contributed by atoms with Gasteiger partial charge in [0.25, 0.3) is 0 Å². The zero-order valence-corrected chi connectivity index (χ0v) is 10.3. The van der Waals surface area contributed by atoms with Gasteiger partial charge in [0.15, 0.2) is 11.5 Å². The highest BCUT2D eigenvalue weighted by atomic mass is 79.9. The maximum atomic E-state index is 11.2. The monoisotopic (exact) mass is 295 g/mol. The van der Waals surface area contributed by atoms with E-state index in [0.717, 1.165) is 0 Å². The van der Waals surface area contributed by atoms with Gasteiger partial charge < -0.3 is 9.84 Å². The fourth-order valence-electron chi connectivity index (χ4n) is 0.960. The van der Waals surface area contributed by atoms with Crippen molar-refractivity contribution in [3.05, 3.63) is 18.2 Å². The Morgan fingerprint density at radius 3 is 2.67 bits per heavy atom. The van der Waals surface area contributed by atoms with Gasteiger partial charge in [-0.05, 0) is 12.1 Å². The van der Waals surface area contributed by atoms with Crippen LogP contribution in [0, 0.1) is 0 Å². The van der Waals surface area contributed by atoms with E-state index in [1.807, 2.05) is 0 Å². The van der Waals surface area contributed by atoms with Crippen LogP contribution in [0.3, 0.4) is 0 Å². The van der Waals surface area contributed by atoms with E-state index in [2.05, 4.69) is 20.7 Å². The van der Waals surface area contributed by atoms with Gasteiger partial charge in [0.05, 0.1) is 12.8 Å². The van der Waals surface area contributed by atoms with Crippen LogP contribution >= 0.6 is 15.9 Å². The van der Waals surface area contributed by atoms with E-state index in [4.69, 9.17) is 4.74 Å². The SMILES string of the molecule is COc1ccc(NS(=O)(=O)CBr)cc1O. The van der Waals surface area contributed by atoms with Gasteiger partial charge in [0, 0.05) is 6.07 Å². The Kier molecular flexibility index (Phi) is 3.81. The maximum absolute atomic E-state index is 11.2. The van der Waals surface area contributed by atoms with E-state index in [1.165, 1.54) is 25.3 Å². The van der Waals surface area contributed by atoms with Crippen LogP contribution < -0.4 is 9.46 Å². The topological polar surface area (TPSA) is 75.6 Å². The van der Waals surface area contributed by atoms with E-state index in [9.17, 15) is 13.5 Å². The van der Waals surface area contributed by atoms with Crippen molar-refractivity contribution >= 4 is 31.6 Å². The molecular weight excluding hydrogens is 286 g/mol. The lowest BCUT2D eigenvalue weighted by atomic mass is 10.3. The number of aromatic hydroxyl groups is 1. The lowest BCUT2D eigenvalue weighted by Crippen LogP contribution is -2.12. The standard InChI is InChI=1S/C8H10BrNO4S/c1-14-8-3-2-6(4-7(8)11)10-15(12,13)5-9/h2-4,10-11H,5H2,1H3. The van der Waals surface area contributed by atoms with Crippen molar-refractivity contribution < 1.29 is 18.3 Å². The van der Waals surface area contributed by atoms with Gasteiger partial charge in [-0.2, -0.15) is 0 Å². The lowest BCUT2D eigenvalue weighted by Gasteiger charge is -2.07. The number of sulfonamides is 1. The number of nitrogens with one attached hydrogen (secondary N) is 1. The second-order valence-corrected chi connectivity index (χ2v) is 5.74. The number of ether oxygens (including phenoxy) is 1. The number of alkyl halides is 1. The molecule has 15 heavy (non-hydrogen) atoms. The van der Waals surface area contributed by atoms with Crippen molar-refractivity contribution in [3.8, 4) is 11.5 Å². The molecule has 84 valence electrons. The molecule has 0 saturated heterocycles. The summed E-state index contributed by atoms with van der Waals surface area (Å²) in [6.07, 6.45) is 0. The van der Waals surface area contributed by atoms with Crippen molar-refractivity contribution in [1.29, 1.82) is 0 Å². The Labute approximate surface area is 96.2 Å². The molecule has 0 saturated carbocycles. The van der Waals surface area contributed by atoms with Gasteiger partial charge in [-0.25, -0.2) is 8.42 Å². The van der Waals surface area contributed by atoms with Gasteiger partial charge in [0.1, 0.15) is 4.66 Å². The largest absolute Gasteiger partial charge is 0.504 e. The summed E-state index contributed by atoms with van der Waals surface area (Å²) < 4.78 is 29.2. The lowest BCUT2D eigenvalue weighted by molar-refractivity contribution is 0.373. The number of phenols is 1. The fourth-order valence-corrected chi connectivity index (χ4v) is 1.84. The van der Waals surface area contributed by atoms with Crippen LogP contribution in [-0.4, -0.2) is 25.3 Å². The fraction of sp³-hybridized carbons (Fsp3) is 0.250. The van der Waals surface area contributed by atoms with E-state index >= 15 is 0 Å². The van der Waals surface area contributed by atoms with Gasteiger partial charge >= 0.3 is 0 Å². The third-order valence-electron chi connectivity index (χ3n) is 1.60. The molecule has 7 heteroatoms. The van der Waals surface area contributed by atoms with Crippen molar-refractivity contribution in [2.75, 3.05) is 16.5 Å². The first-order chi connectivity index (χ1) is 6.98. The minimum atomic E-state index is -3.39. The summed E-state index contributed by atoms with van der Waals surface area (Å²) in [4.78, 5) is 0. The van der Waals surface area contributed by atoms with Crippen LogP contribution in [0.4, 0.5) is 5.69 Å². The number of benzene rings is 1. The third kappa shape index (κ3) is 3.28. The summed E-state index contributed by atoms with van der Waals surface area (Å²) in [6, 6.07) is 4.25. The number of phenolic OH excluding ortho intramolecular Hbond substituents is 1. The number of hydrogen-bond acceptors (Lipinski definition) is 4. The van der Waals surface area contributed by atoms with Crippen LogP contribution in [0.5, 0.6) is 11.5 Å². The Hall–Kier alpha value is -0.950. The van der Waals surface area contributed by atoms with Crippen molar-refractivity contribution in [2.24, 2.45) is 0 Å². The molecular formula is C8H10BrNO4S. The third-order valence-corrected chi connectivity index (χ3v) is 4.24. The molecule has 0 aromatic heterocycles. The molecule has 0 bridgehead atoms. The first-order valence-electron chi connectivity index (χ1n) is 3.92. The van der Waals surface area contributed by atoms with E-state index in [-0.39, 0.29) is 21.8 Å². The number of halogens is 1. The number of hydrogen-bond donors (Lipinski definition) is 2. The van der Waals surface area contributed by atoms with Crippen LogP contribution in [0.2, 0.25) is 0 Å². The van der Waals surface area contributed by atoms with Crippen LogP contribution in [-0.2, 0) is 10.0 Å². The molecule has 0 unspecified atom stereocenters. The van der Waals surface area contributed by atoms with E-state index < -0.39 is 10.0 Å². The van der Waals surface area contributed by atoms with Crippen LogP contribution in [0.15, 0.2) is 18.2 Å². The molecule has 1 aromatic carbocycles. The zero-order chi connectivity index (χ0) is 11.5. The predicted molar refractivity (Wildman–Crippen MR) is 61.0 cm³/mol. The number of anilines is 1. The molecule has 0 spiro atoms. The summed E-state index contributed by atoms with van der Waals surface area (Å²) in [6.45, 7) is 0. The highest BCUT2D eigenvalue weighted by Crippen LogP contribution is 2.28. The molecule has 0 fully saturated rings. The molecule has 1 aromatic rings. The first kappa shape index (κ1) is 12.1. The second kappa shape index (κ2) is 4.71. The van der Waals surface area contributed by atoms with E-state index in [0.29, 0.717) is 0 Å². The van der Waals surface area contributed by atoms with E-state index in [1.54, 1.807) is 0 Å². The predicted octanol–water partition coefficient (Wildman–Crippen LogP) is 1.49. The molecule has 1 rings (SSSR count). The molecule has 0 amide bonds. The van der Waals surface area contributed by atoms with Crippen molar-refractivity contribution in [3.63, 3.8) is 0 Å². The highest BCUT2D eigenvalue weighted by molar-refractivity contribution is 9.10. The molecule has 0 aliphatic heterocycles. The molecule has 0 aliphatic carbocycles. The van der Waals surface area contributed by atoms with Crippen LogP contribution in [0.1, 0.15) is 0 Å². The quantitative estimate of drug-likeness (QED) is 0.826. The first-order valence-corrected chi connectivity index (χ1v) is 6.69. The Morgan fingerprint density at radius 1 is 1.53 bits per heavy atom. The second-order valence-electron chi connectivity index (χ2n) is 2.71. The summed E-state index contributed by atoms with van der Waals surface area (Å²) in [5.74, 6) is 0.170. The number of rotatable bonds is 4. The molecule has 0 aliphatic rings. The summed E-state index contributed by atoms with van der Waals surface area (Å²) in [5, 5.41) is 9.39. The van der Waals surface area contributed by atoms with Crippen molar-refractivity contribution in [2.45, 2.75) is 0 Å². The number of methoxy groups -OCH3 is 1. The Bertz CT molecular complexity index is 446. The van der Waals surface area contributed by atoms with Gasteiger partial charge in [-0.3, -0.25) is 4.72 Å². The summed E-state index contributed by atoms with van der Waals surface area (Å²) in [5.41, 5.74) is 0.285. The Morgan fingerprint density at radius 2 is 2.20 bits per heavy atom. The van der Waals surface area contributed by atoms with Gasteiger partial charge in [-0.15, -0.1) is 0 Å². The van der Waals surface area contributed by atoms with Crippen LogP contribution in [0.25, 0.3) is 0 Å². The molecule has 5 nitrogen and oxygen atoms in total. The molecule has 0 heterocycles. The molecule has 0 atom stereocenters. The minimum Gasteiger partial charge on any atom is -0.504 e. The molecule has 2 N–H and O–H groups in total. The Balaban J connectivity index is 2.94. The van der Waals surface area contributed by atoms with Crippen molar-refractivity contribution in [1.82, 2.24) is 0 Å². The smallest absolute Gasteiger partial charge is 0.242 e. The summed E-state index contributed by atoms with van der Waals surface area (Å²) >= 11 is 2.84. The highest BCUT2D eigenvalue weighted by Gasteiger charge is 2.09. The zero-order valence-electron chi connectivity index (χ0n) is 7.90.